The zero-order valence-electron chi connectivity index (χ0n) is 8.27. The molecule has 0 atom stereocenters. The maximum absolute atomic E-state index is 8.54. The summed E-state index contributed by atoms with van der Waals surface area (Å²) in [5.74, 6) is 1.06. The molecule has 0 saturated heterocycles. The van der Waals surface area contributed by atoms with Gasteiger partial charge >= 0.3 is 0 Å². The van der Waals surface area contributed by atoms with E-state index in [4.69, 9.17) is 10.5 Å². The van der Waals surface area contributed by atoms with Crippen molar-refractivity contribution in [3.63, 3.8) is 0 Å². The standard InChI is InChI=1S/C10H13N4/c1-10-13(6-3-2-4-11)8-9-14(10)7-5-12/h8-9H,2-3,6-7H2,1H3/q+1. The second-order valence-corrected chi connectivity index (χ2v) is 3.09. The molecule has 72 valence electrons. The third-order valence-corrected chi connectivity index (χ3v) is 2.19. The van der Waals surface area contributed by atoms with Gasteiger partial charge in [0.25, 0.3) is 5.82 Å². The van der Waals surface area contributed by atoms with E-state index in [1.165, 1.54) is 0 Å². The highest BCUT2D eigenvalue weighted by molar-refractivity contribution is 4.85. The predicted octanol–water partition coefficient (Wildman–Crippen LogP) is 0.911. The molecule has 0 fully saturated rings. The molecule has 0 N–H and O–H groups in total. The number of unbranched alkanes of at least 4 members (excludes halogenated alkanes) is 1. The molecule has 1 heterocycles. The number of nitrogens with zero attached hydrogens (tertiary/aromatic N) is 4. The second-order valence-electron chi connectivity index (χ2n) is 3.09. The van der Waals surface area contributed by atoms with Gasteiger partial charge in [0.2, 0.25) is 0 Å². The SMILES string of the molecule is Cc1n(CC#N)cc[n+]1CCCC#N. The molecular formula is C10H13N4+. The fraction of sp³-hybridized carbons (Fsp3) is 0.500. The lowest BCUT2D eigenvalue weighted by atomic mass is 10.3. The Kier molecular flexibility index (Phi) is 3.69. The predicted molar refractivity (Wildman–Crippen MR) is 49.8 cm³/mol. The molecule has 0 aromatic carbocycles. The van der Waals surface area contributed by atoms with Crippen molar-refractivity contribution in [3.05, 3.63) is 18.2 Å². The van der Waals surface area contributed by atoms with Gasteiger partial charge < -0.3 is 0 Å². The Morgan fingerprint density at radius 1 is 1.43 bits per heavy atom. The van der Waals surface area contributed by atoms with E-state index in [2.05, 4.69) is 16.7 Å². The van der Waals surface area contributed by atoms with Crippen molar-refractivity contribution >= 4 is 0 Å². The van der Waals surface area contributed by atoms with Gasteiger partial charge in [-0.2, -0.15) is 10.5 Å². The molecular weight excluding hydrogens is 176 g/mol. The lowest BCUT2D eigenvalue weighted by Gasteiger charge is -1.96. The minimum absolute atomic E-state index is 0.386. The summed E-state index contributed by atoms with van der Waals surface area (Å²) in [7, 11) is 0. The Labute approximate surface area is 83.6 Å². The molecule has 0 aliphatic rings. The summed E-state index contributed by atoms with van der Waals surface area (Å²) in [6.45, 7) is 3.21. The van der Waals surface area contributed by atoms with Crippen LogP contribution in [0.4, 0.5) is 0 Å². The van der Waals surface area contributed by atoms with E-state index >= 15 is 0 Å². The largest absolute Gasteiger partial charge is 0.254 e. The average molecular weight is 189 g/mol. The van der Waals surface area contributed by atoms with Crippen LogP contribution in [0.15, 0.2) is 12.4 Å². The molecule has 1 aromatic heterocycles. The first-order valence-electron chi connectivity index (χ1n) is 4.58. The molecule has 0 aliphatic heterocycles. The van der Waals surface area contributed by atoms with E-state index in [-0.39, 0.29) is 0 Å². The zero-order chi connectivity index (χ0) is 10.4. The summed E-state index contributed by atoms with van der Waals surface area (Å²) in [6.07, 6.45) is 5.28. The Balaban J connectivity index is 2.62. The molecule has 0 unspecified atom stereocenters. The number of hydrogen-bond donors (Lipinski definition) is 0. The summed E-state index contributed by atoms with van der Waals surface area (Å²) in [6, 6.07) is 4.22. The average Bonchev–Trinajstić information content (AvgIpc) is 2.51. The smallest absolute Gasteiger partial charge is 0.234 e. The molecule has 4 heteroatoms. The highest BCUT2D eigenvalue weighted by Crippen LogP contribution is 1.94. The lowest BCUT2D eigenvalue weighted by Crippen LogP contribution is -2.35. The fourth-order valence-corrected chi connectivity index (χ4v) is 1.35. The molecule has 1 aromatic rings. The van der Waals surface area contributed by atoms with E-state index in [0.29, 0.717) is 13.0 Å². The van der Waals surface area contributed by atoms with Crippen molar-refractivity contribution in [2.75, 3.05) is 0 Å². The molecule has 4 nitrogen and oxygen atoms in total. The van der Waals surface area contributed by atoms with Crippen LogP contribution in [0.3, 0.4) is 0 Å². The number of nitriles is 2. The first-order valence-corrected chi connectivity index (χ1v) is 4.58. The van der Waals surface area contributed by atoms with E-state index in [0.717, 1.165) is 18.8 Å². The van der Waals surface area contributed by atoms with Crippen LogP contribution in [-0.4, -0.2) is 4.57 Å². The lowest BCUT2D eigenvalue weighted by molar-refractivity contribution is -0.702. The number of hydrogen-bond acceptors (Lipinski definition) is 2. The summed E-state index contributed by atoms with van der Waals surface area (Å²) in [5, 5.41) is 16.9. The third-order valence-electron chi connectivity index (χ3n) is 2.19. The van der Waals surface area contributed by atoms with Gasteiger partial charge in [0.1, 0.15) is 18.5 Å². The van der Waals surface area contributed by atoms with Crippen molar-refractivity contribution in [2.45, 2.75) is 32.9 Å². The number of aromatic nitrogens is 2. The van der Waals surface area contributed by atoms with E-state index in [1.807, 2.05) is 23.9 Å². The molecule has 0 bridgehead atoms. The summed E-state index contributed by atoms with van der Waals surface area (Å²) in [4.78, 5) is 0. The monoisotopic (exact) mass is 189 g/mol. The van der Waals surface area contributed by atoms with Crippen LogP contribution in [0.25, 0.3) is 0 Å². The molecule has 14 heavy (non-hydrogen) atoms. The first-order chi connectivity index (χ1) is 6.79. The Hall–Kier alpha value is -1.81. The van der Waals surface area contributed by atoms with Gasteiger partial charge in [-0.1, -0.05) is 0 Å². The number of imidazole rings is 1. The van der Waals surface area contributed by atoms with E-state index < -0.39 is 0 Å². The minimum Gasteiger partial charge on any atom is -0.234 e. The fourth-order valence-electron chi connectivity index (χ4n) is 1.35. The third kappa shape index (κ3) is 2.34. The highest BCUT2D eigenvalue weighted by Gasteiger charge is 2.10. The van der Waals surface area contributed by atoms with Crippen molar-refractivity contribution in [1.82, 2.24) is 4.57 Å². The van der Waals surface area contributed by atoms with Gasteiger partial charge in [-0.3, -0.25) is 0 Å². The van der Waals surface area contributed by atoms with Gasteiger partial charge in [-0.05, 0) is 6.42 Å². The number of aryl methyl sites for hydroxylation is 1. The van der Waals surface area contributed by atoms with Crippen molar-refractivity contribution < 1.29 is 4.57 Å². The minimum atomic E-state index is 0.386. The van der Waals surface area contributed by atoms with Gasteiger partial charge in [-0.15, -0.1) is 0 Å². The zero-order valence-corrected chi connectivity index (χ0v) is 8.27. The Morgan fingerprint density at radius 2 is 2.21 bits per heavy atom. The molecule has 0 amide bonds. The van der Waals surface area contributed by atoms with Gasteiger partial charge in [-0.25, -0.2) is 9.13 Å². The summed E-state index contributed by atoms with van der Waals surface area (Å²) < 4.78 is 3.96. The molecule has 0 radical (unpaired) electrons. The quantitative estimate of drug-likeness (QED) is 0.522. The van der Waals surface area contributed by atoms with Crippen molar-refractivity contribution in [1.29, 1.82) is 10.5 Å². The molecule has 1 rings (SSSR count). The maximum atomic E-state index is 8.54. The normalized spacial score (nSPS) is 9.36. The first kappa shape index (κ1) is 10.3. The van der Waals surface area contributed by atoms with Crippen LogP contribution in [0, 0.1) is 29.6 Å². The van der Waals surface area contributed by atoms with Crippen molar-refractivity contribution in [3.8, 4) is 12.1 Å². The van der Waals surface area contributed by atoms with Gasteiger partial charge in [0, 0.05) is 13.3 Å². The number of rotatable bonds is 4. The van der Waals surface area contributed by atoms with Crippen LogP contribution in [0.5, 0.6) is 0 Å². The van der Waals surface area contributed by atoms with Crippen LogP contribution in [0.1, 0.15) is 18.7 Å². The Bertz CT molecular complexity index is 378. The molecule has 0 spiro atoms. The van der Waals surface area contributed by atoms with Crippen LogP contribution >= 0.6 is 0 Å². The maximum Gasteiger partial charge on any atom is 0.254 e. The van der Waals surface area contributed by atoms with Crippen molar-refractivity contribution in [2.24, 2.45) is 0 Å². The van der Waals surface area contributed by atoms with Gasteiger partial charge in [0.15, 0.2) is 6.54 Å². The topological polar surface area (TPSA) is 56.4 Å². The summed E-state index contributed by atoms with van der Waals surface area (Å²) >= 11 is 0. The van der Waals surface area contributed by atoms with Crippen LogP contribution in [0.2, 0.25) is 0 Å². The highest BCUT2D eigenvalue weighted by atomic mass is 15.1. The molecule has 0 saturated carbocycles. The Morgan fingerprint density at radius 3 is 2.86 bits per heavy atom. The van der Waals surface area contributed by atoms with Crippen LogP contribution < -0.4 is 4.57 Å². The van der Waals surface area contributed by atoms with E-state index in [1.54, 1.807) is 0 Å². The van der Waals surface area contributed by atoms with Gasteiger partial charge in [0.05, 0.1) is 12.6 Å². The van der Waals surface area contributed by atoms with Crippen LogP contribution in [-0.2, 0) is 13.1 Å². The van der Waals surface area contributed by atoms with E-state index in [9.17, 15) is 0 Å². The second kappa shape index (κ2) is 5.04. The molecule has 0 aliphatic carbocycles. The summed E-state index contributed by atoms with van der Waals surface area (Å²) in [5.41, 5.74) is 0.